The molecule has 0 aliphatic carbocycles. The Morgan fingerprint density at radius 2 is 1.89 bits per heavy atom. The molecular formula is C18H27ClN4O2S2. The van der Waals surface area contributed by atoms with E-state index >= 15 is 0 Å². The monoisotopic (exact) mass is 430 g/mol. The summed E-state index contributed by atoms with van der Waals surface area (Å²) >= 11 is 3.09. The first-order chi connectivity index (χ1) is 12.5. The second-order valence-corrected chi connectivity index (χ2v) is 8.47. The van der Waals surface area contributed by atoms with E-state index in [0.717, 1.165) is 46.0 Å². The number of rotatable bonds is 10. The molecule has 27 heavy (non-hydrogen) atoms. The van der Waals surface area contributed by atoms with Gasteiger partial charge < -0.3 is 16.4 Å². The SMILES string of the molecule is CC(=O)NCc1ccc(-c2nc(NC(=O)CCCCCCN)sc2C)s1.Cl. The Balaban J connectivity index is 0.00000364. The van der Waals surface area contributed by atoms with Crippen LogP contribution >= 0.6 is 35.1 Å². The lowest BCUT2D eigenvalue weighted by Crippen LogP contribution is -2.17. The smallest absolute Gasteiger partial charge is 0.226 e. The van der Waals surface area contributed by atoms with Crippen molar-refractivity contribution in [2.24, 2.45) is 5.73 Å². The van der Waals surface area contributed by atoms with Gasteiger partial charge in [0.2, 0.25) is 11.8 Å². The third kappa shape index (κ3) is 7.96. The van der Waals surface area contributed by atoms with Crippen molar-refractivity contribution in [1.82, 2.24) is 10.3 Å². The highest BCUT2D eigenvalue weighted by atomic mass is 35.5. The maximum Gasteiger partial charge on any atom is 0.226 e. The summed E-state index contributed by atoms with van der Waals surface area (Å²) in [4.78, 5) is 30.8. The van der Waals surface area contributed by atoms with Crippen LogP contribution in [0.1, 0.15) is 48.8 Å². The molecule has 0 fully saturated rings. The first-order valence-corrected chi connectivity index (χ1v) is 10.4. The maximum absolute atomic E-state index is 12.0. The van der Waals surface area contributed by atoms with Crippen LogP contribution in [0.4, 0.5) is 5.13 Å². The number of unbranched alkanes of at least 4 members (excludes halogenated alkanes) is 3. The Morgan fingerprint density at radius 3 is 2.59 bits per heavy atom. The molecule has 0 aliphatic rings. The molecular weight excluding hydrogens is 404 g/mol. The molecule has 150 valence electrons. The van der Waals surface area contributed by atoms with Crippen molar-refractivity contribution in [3.8, 4) is 10.6 Å². The molecule has 0 aromatic carbocycles. The third-order valence-corrected chi connectivity index (χ3v) is 5.79. The minimum absolute atomic E-state index is 0. The third-order valence-electron chi connectivity index (χ3n) is 3.81. The van der Waals surface area contributed by atoms with E-state index in [2.05, 4.69) is 15.6 Å². The molecule has 2 aromatic heterocycles. The predicted molar refractivity (Wildman–Crippen MR) is 116 cm³/mol. The number of halogens is 1. The van der Waals surface area contributed by atoms with Gasteiger partial charge in [0.25, 0.3) is 0 Å². The fourth-order valence-electron chi connectivity index (χ4n) is 2.46. The number of aromatic nitrogens is 1. The van der Waals surface area contributed by atoms with E-state index in [4.69, 9.17) is 5.73 Å². The highest BCUT2D eigenvalue weighted by Gasteiger charge is 2.14. The first-order valence-electron chi connectivity index (χ1n) is 8.80. The Hall–Kier alpha value is -1.48. The summed E-state index contributed by atoms with van der Waals surface area (Å²) in [6.45, 7) is 4.74. The average molecular weight is 431 g/mol. The van der Waals surface area contributed by atoms with E-state index in [1.165, 1.54) is 18.3 Å². The topological polar surface area (TPSA) is 97.1 Å². The minimum atomic E-state index is -0.0437. The van der Waals surface area contributed by atoms with Crippen molar-refractivity contribution < 1.29 is 9.59 Å². The van der Waals surface area contributed by atoms with Crippen LogP contribution in [0.15, 0.2) is 12.1 Å². The van der Waals surface area contributed by atoms with Gasteiger partial charge in [0.1, 0.15) is 0 Å². The quantitative estimate of drug-likeness (QED) is 0.494. The molecule has 2 heterocycles. The zero-order valence-electron chi connectivity index (χ0n) is 15.7. The Labute approximate surface area is 174 Å². The van der Waals surface area contributed by atoms with Crippen LogP contribution in [0, 0.1) is 6.92 Å². The van der Waals surface area contributed by atoms with E-state index in [1.807, 2.05) is 19.1 Å². The number of hydrogen-bond donors (Lipinski definition) is 3. The number of anilines is 1. The van der Waals surface area contributed by atoms with Gasteiger partial charge in [-0.3, -0.25) is 9.59 Å². The standard InChI is InChI=1S/C18H26N4O2S2.ClH/c1-12-17(15-9-8-14(26-15)11-20-13(2)23)22-18(25-12)21-16(24)7-5-3-4-6-10-19;/h8-9H,3-7,10-11,19H2,1-2H3,(H,20,23)(H,21,22,24);1H. The number of thiazole rings is 1. The van der Waals surface area contributed by atoms with Crippen molar-refractivity contribution in [3.05, 3.63) is 21.9 Å². The van der Waals surface area contributed by atoms with E-state index in [-0.39, 0.29) is 24.2 Å². The lowest BCUT2D eigenvalue weighted by molar-refractivity contribution is -0.119. The number of nitrogens with two attached hydrogens (primary N) is 1. The van der Waals surface area contributed by atoms with Gasteiger partial charge in [-0.1, -0.05) is 12.8 Å². The predicted octanol–water partition coefficient (Wildman–Crippen LogP) is 4.09. The number of carbonyl (C=O) groups is 2. The molecule has 0 saturated heterocycles. The molecule has 0 aliphatic heterocycles. The Kier molecular flexibility index (Phi) is 10.5. The molecule has 0 spiro atoms. The zero-order chi connectivity index (χ0) is 18.9. The summed E-state index contributed by atoms with van der Waals surface area (Å²) in [5.41, 5.74) is 6.36. The highest BCUT2D eigenvalue weighted by molar-refractivity contribution is 7.18. The van der Waals surface area contributed by atoms with Crippen molar-refractivity contribution in [1.29, 1.82) is 0 Å². The fraction of sp³-hybridized carbons (Fsp3) is 0.500. The Morgan fingerprint density at radius 1 is 1.15 bits per heavy atom. The van der Waals surface area contributed by atoms with Gasteiger partial charge in [0, 0.05) is 23.1 Å². The molecule has 0 bridgehead atoms. The van der Waals surface area contributed by atoms with Crippen LogP contribution in [0.5, 0.6) is 0 Å². The van der Waals surface area contributed by atoms with Gasteiger partial charge in [0.05, 0.1) is 17.1 Å². The first kappa shape index (κ1) is 23.6. The summed E-state index contributed by atoms with van der Waals surface area (Å²) in [6, 6.07) is 4.00. The van der Waals surface area contributed by atoms with E-state index in [0.29, 0.717) is 24.6 Å². The molecule has 0 unspecified atom stereocenters. The molecule has 0 saturated carbocycles. The lowest BCUT2D eigenvalue weighted by Gasteiger charge is -2.01. The number of hydrogen-bond acceptors (Lipinski definition) is 6. The summed E-state index contributed by atoms with van der Waals surface area (Å²) in [7, 11) is 0. The largest absolute Gasteiger partial charge is 0.351 e. The molecule has 0 atom stereocenters. The van der Waals surface area contributed by atoms with Crippen LogP contribution in [0.2, 0.25) is 0 Å². The molecule has 4 N–H and O–H groups in total. The van der Waals surface area contributed by atoms with Crippen molar-refractivity contribution in [3.63, 3.8) is 0 Å². The Bertz CT molecular complexity index is 746. The number of carbonyl (C=O) groups excluding carboxylic acids is 2. The van der Waals surface area contributed by atoms with E-state index in [9.17, 15) is 9.59 Å². The van der Waals surface area contributed by atoms with Gasteiger partial charge in [-0.05, 0) is 38.4 Å². The van der Waals surface area contributed by atoms with Crippen LogP contribution in [-0.2, 0) is 16.1 Å². The number of thiophene rings is 1. The van der Waals surface area contributed by atoms with Crippen molar-refractivity contribution >= 4 is 52.0 Å². The van der Waals surface area contributed by atoms with Gasteiger partial charge in [-0.15, -0.1) is 35.1 Å². The summed E-state index contributed by atoms with van der Waals surface area (Å²) in [6.07, 6.45) is 4.50. The van der Waals surface area contributed by atoms with Gasteiger partial charge in [-0.2, -0.15) is 0 Å². The molecule has 6 nitrogen and oxygen atoms in total. The molecule has 2 rings (SSSR count). The van der Waals surface area contributed by atoms with Gasteiger partial charge in [-0.25, -0.2) is 4.98 Å². The highest BCUT2D eigenvalue weighted by Crippen LogP contribution is 2.34. The zero-order valence-corrected chi connectivity index (χ0v) is 18.1. The van der Waals surface area contributed by atoms with Crippen LogP contribution in [0.3, 0.4) is 0 Å². The number of aryl methyl sites for hydroxylation is 1. The number of nitrogens with zero attached hydrogens (tertiary/aromatic N) is 1. The molecule has 0 radical (unpaired) electrons. The van der Waals surface area contributed by atoms with E-state index in [1.54, 1.807) is 11.3 Å². The summed E-state index contributed by atoms with van der Waals surface area (Å²) < 4.78 is 0. The van der Waals surface area contributed by atoms with Crippen LogP contribution < -0.4 is 16.4 Å². The second kappa shape index (κ2) is 12.1. The van der Waals surface area contributed by atoms with Crippen molar-refractivity contribution in [2.75, 3.05) is 11.9 Å². The summed E-state index contributed by atoms with van der Waals surface area (Å²) in [5, 5.41) is 6.34. The van der Waals surface area contributed by atoms with Gasteiger partial charge in [0.15, 0.2) is 5.13 Å². The number of amides is 2. The second-order valence-electron chi connectivity index (χ2n) is 6.10. The van der Waals surface area contributed by atoms with Crippen LogP contribution in [0.25, 0.3) is 10.6 Å². The maximum atomic E-state index is 12.0. The minimum Gasteiger partial charge on any atom is -0.351 e. The molecule has 2 amide bonds. The molecule has 2 aromatic rings. The fourth-order valence-corrected chi connectivity index (χ4v) is 4.36. The van der Waals surface area contributed by atoms with Gasteiger partial charge >= 0.3 is 0 Å². The summed E-state index contributed by atoms with van der Waals surface area (Å²) in [5.74, 6) is -0.0339. The normalized spacial score (nSPS) is 10.3. The van der Waals surface area contributed by atoms with E-state index < -0.39 is 0 Å². The molecule has 9 heteroatoms. The van der Waals surface area contributed by atoms with Crippen molar-refractivity contribution in [2.45, 2.75) is 52.5 Å². The van der Waals surface area contributed by atoms with Crippen LogP contribution in [-0.4, -0.2) is 23.3 Å². The lowest BCUT2D eigenvalue weighted by atomic mass is 10.1. The average Bonchev–Trinajstić information content (AvgIpc) is 3.19. The number of nitrogens with one attached hydrogen (secondary N) is 2.